The molecule has 3 fully saturated rings. The summed E-state index contributed by atoms with van der Waals surface area (Å²) in [6.45, 7) is 8.45. The Morgan fingerprint density at radius 3 is 2.60 bits per heavy atom. The number of fused-ring (bicyclic) bond motifs is 1. The van der Waals surface area contributed by atoms with Crippen LogP contribution >= 0.6 is 0 Å². The van der Waals surface area contributed by atoms with Crippen LogP contribution in [0.1, 0.15) is 39.5 Å². The van der Waals surface area contributed by atoms with E-state index < -0.39 is 23.5 Å². The summed E-state index contributed by atoms with van der Waals surface area (Å²) in [4.78, 5) is 11.8. The largest absolute Gasteiger partial charge is 0.462 e. The summed E-state index contributed by atoms with van der Waals surface area (Å²) in [7, 11) is 0. The Morgan fingerprint density at radius 1 is 1.28 bits per heavy atom. The number of cyclic esters (lactones) is 1. The first kappa shape index (κ1) is 18.6. The molecule has 1 aliphatic heterocycles. The van der Waals surface area contributed by atoms with Gasteiger partial charge in [0, 0.05) is 11.3 Å². The number of rotatable bonds is 3. The first-order chi connectivity index (χ1) is 11.7. The molecular formula is C20H30O5. The molecule has 7 atom stereocenters. The minimum Gasteiger partial charge on any atom is -0.462 e. The van der Waals surface area contributed by atoms with E-state index >= 15 is 0 Å². The number of allylic oxidation sites excluding steroid dienone is 2. The van der Waals surface area contributed by atoms with E-state index in [1.807, 2.05) is 13.0 Å². The second-order valence-electron chi connectivity index (χ2n) is 8.56. The predicted molar refractivity (Wildman–Crippen MR) is 93.5 cm³/mol. The van der Waals surface area contributed by atoms with Gasteiger partial charge in [0.2, 0.25) is 0 Å². The smallest absolute Gasteiger partial charge is 0.315 e. The van der Waals surface area contributed by atoms with Crippen molar-refractivity contribution in [1.29, 1.82) is 0 Å². The van der Waals surface area contributed by atoms with E-state index in [4.69, 9.17) is 4.74 Å². The van der Waals surface area contributed by atoms with Crippen LogP contribution in [0.3, 0.4) is 0 Å². The molecule has 3 rings (SSSR count). The van der Waals surface area contributed by atoms with Crippen molar-refractivity contribution in [3.05, 3.63) is 24.3 Å². The van der Waals surface area contributed by atoms with Gasteiger partial charge in [-0.15, -0.1) is 0 Å². The molecule has 0 aromatic carbocycles. The number of carbonyl (C=O) groups is 1. The highest BCUT2D eigenvalue weighted by molar-refractivity contribution is 5.77. The molecule has 0 bridgehead atoms. The quantitative estimate of drug-likeness (QED) is 0.534. The number of esters is 1. The van der Waals surface area contributed by atoms with Crippen LogP contribution in [0.25, 0.3) is 0 Å². The highest BCUT2D eigenvalue weighted by Gasteiger charge is 2.57. The molecule has 0 aromatic heterocycles. The number of carbonyl (C=O) groups excluding carboxylic acids is 1. The monoisotopic (exact) mass is 350 g/mol. The van der Waals surface area contributed by atoms with Gasteiger partial charge in [0.15, 0.2) is 0 Å². The van der Waals surface area contributed by atoms with Crippen molar-refractivity contribution in [1.82, 2.24) is 0 Å². The van der Waals surface area contributed by atoms with E-state index in [2.05, 4.69) is 13.5 Å². The molecule has 3 N–H and O–H groups in total. The molecule has 5 nitrogen and oxygen atoms in total. The zero-order chi connectivity index (χ0) is 18.4. The maximum atomic E-state index is 11.8. The number of aliphatic hydroxyl groups is 3. The van der Waals surface area contributed by atoms with Gasteiger partial charge in [0.25, 0.3) is 0 Å². The molecule has 2 aliphatic carbocycles. The Hall–Kier alpha value is -1.17. The Labute approximate surface area is 149 Å². The lowest BCUT2D eigenvalue weighted by molar-refractivity contribution is -0.146. The van der Waals surface area contributed by atoms with E-state index in [0.717, 1.165) is 24.8 Å². The van der Waals surface area contributed by atoms with Crippen LogP contribution in [0, 0.1) is 28.6 Å². The fraction of sp³-hybridized carbons (Fsp3) is 0.750. The zero-order valence-electron chi connectivity index (χ0n) is 15.1. The first-order valence-corrected chi connectivity index (χ1v) is 9.23. The lowest BCUT2D eigenvalue weighted by atomic mass is 9.46. The molecule has 0 amide bonds. The molecule has 1 heterocycles. The van der Waals surface area contributed by atoms with Gasteiger partial charge in [-0.25, -0.2) is 0 Å². The van der Waals surface area contributed by atoms with Crippen molar-refractivity contribution in [2.45, 2.75) is 51.7 Å². The summed E-state index contributed by atoms with van der Waals surface area (Å²) < 4.78 is 4.91. The van der Waals surface area contributed by atoms with Crippen LogP contribution in [-0.2, 0) is 9.53 Å². The summed E-state index contributed by atoms with van der Waals surface area (Å²) >= 11 is 0. The van der Waals surface area contributed by atoms with E-state index in [-0.39, 0.29) is 36.4 Å². The van der Waals surface area contributed by atoms with E-state index in [1.54, 1.807) is 6.08 Å². The lowest BCUT2D eigenvalue weighted by Gasteiger charge is -2.59. The minimum absolute atomic E-state index is 0.0367. The summed E-state index contributed by atoms with van der Waals surface area (Å²) in [5, 5.41) is 30.4. The topological polar surface area (TPSA) is 87.0 Å². The summed E-state index contributed by atoms with van der Waals surface area (Å²) in [5.41, 5.74) is 0.467. The van der Waals surface area contributed by atoms with E-state index in [1.165, 1.54) is 0 Å². The van der Waals surface area contributed by atoms with Crippen LogP contribution < -0.4 is 0 Å². The molecule has 0 radical (unpaired) electrons. The molecule has 2 saturated carbocycles. The van der Waals surface area contributed by atoms with Crippen molar-refractivity contribution in [2.24, 2.45) is 28.6 Å². The fourth-order valence-corrected chi connectivity index (χ4v) is 5.45. The summed E-state index contributed by atoms with van der Waals surface area (Å²) in [5.74, 6) is -0.763. The average Bonchev–Trinajstić information content (AvgIpc) is 2.89. The van der Waals surface area contributed by atoms with E-state index in [9.17, 15) is 20.1 Å². The van der Waals surface area contributed by atoms with Gasteiger partial charge in [-0.3, -0.25) is 4.79 Å². The number of aliphatic hydroxyl groups excluding tert-OH is 3. The predicted octanol–water partition coefficient (Wildman–Crippen LogP) is 1.82. The molecule has 0 spiro atoms. The molecule has 5 heteroatoms. The van der Waals surface area contributed by atoms with E-state index in [0.29, 0.717) is 6.42 Å². The molecule has 0 unspecified atom stereocenters. The maximum Gasteiger partial charge on any atom is 0.315 e. The van der Waals surface area contributed by atoms with Crippen molar-refractivity contribution >= 4 is 5.97 Å². The van der Waals surface area contributed by atoms with Crippen LogP contribution in [0.2, 0.25) is 0 Å². The Morgan fingerprint density at radius 2 is 2.00 bits per heavy atom. The second-order valence-corrected chi connectivity index (χ2v) is 8.56. The Bertz CT molecular complexity index is 585. The van der Waals surface area contributed by atoms with Crippen LogP contribution in [0.15, 0.2) is 24.3 Å². The number of ether oxygens (including phenoxy) is 1. The normalized spacial score (nSPS) is 47.8. The van der Waals surface area contributed by atoms with Crippen molar-refractivity contribution in [3.8, 4) is 0 Å². The SMILES string of the molecule is C=C1CC[C@@H]2[C@](C)(CO)[C@H](O)CC[C@@]2(C)[C@@H]1/C=C/[C@H]1C(=O)OC[C@H]1O. The first-order valence-electron chi connectivity index (χ1n) is 9.23. The molecule has 140 valence electrons. The third-order valence-electron chi connectivity index (χ3n) is 7.15. The Kier molecular flexibility index (Phi) is 4.86. The van der Waals surface area contributed by atoms with Gasteiger partial charge in [-0.2, -0.15) is 0 Å². The molecule has 1 saturated heterocycles. The van der Waals surface area contributed by atoms with Crippen molar-refractivity contribution < 1.29 is 24.9 Å². The van der Waals surface area contributed by atoms with Gasteiger partial charge in [0.05, 0.1) is 12.7 Å². The zero-order valence-corrected chi connectivity index (χ0v) is 15.1. The third-order valence-corrected chi connectivity index (χ3v) is 7.15. The van der Waals surface area contributed by atoms with Gasteiger partial charge in [-0.1, -0.05) is 38.2 Å². The van der Waals surface area contributed by atoms with Crippen molar-refractivity contribution in [3.63, 3.8) is 0 Å². The maximum absolute atomic E-state index is 11.8. The molecule has 25 heavy (non-hydrogen) atoms. The lowest BCUT2D eigenvalue weighted by Crippen LogP contribution is -2.57. The van der Waals surface area contributed by atoms with Crippen LogP contribution in [0.5, 0.6) is 0 Å². The highest BCUT2D eigenvalue weighted by atomic mass is 16.6. The molecule has 0 aromatic rings. The summed E-state index contributed by atoms with van der Waals surface area (Å²) in [6, 6.07) is 0. The minimum atomic E-state index is -0.792. The highest BCUT2D eigenvalue weighted by Crippen LogP contribution is 2.61. The number of hydrogen-bond donors (Lipinski definition) is 3. The average molecular weight is 350 g/mol. The van der Waals surface area contributed by atoms with Gasteiger partial charge in [-0.05, 0) is 37.0 Å². The van der Waals surface area contributed by atoms with Gasteiger partial charge < -0.3 is 20.1 Å². The fourth-order valence-electron chi connectivity index (χ4n) is 5.45. The summed E-state index contributed by atoms with van der Waals surface area (Å²) in [6.07, 6.45) is 5.72. The molecular weight excluding hydrogens is 320 g/mol. The Balaban J connectivity index is 1.90. The van der Waals surface area contributed by atoms with Gasteiger partial charge in [0.1, 0.15) is 18.6 Å². The van der Waals surface area contributed by atoms with Crippen molar-refractivity contribution in [2.75, 3.05) is 13.2 Å². The third kappa shape index (κ3) is 2.86. The second kappa shape index (κ2) is 6.53. The number of hydrogen-bond acceptors (Lipinski definition) is 5. The standard InChI is InChI=1S/C20H30O5/c1-12-4-7-16-19(2,9-8-17(23)20(16,3)11-21)14(12)6-5-13-15(22)10-25-18(13)24/h5-6,13-17,21-23H,1,4,7-11H2,2-3H3/b6-5+/t13-,14-,15-,16+,17-,19+,20+/m1/s1. The van der Waals surface area contributed by atoms with Crippen LogP contribution in [0.4, 0.5) is 0 Å². The molecule has 3 aliphatic rings. The van der Waals surface area contributed by atoms with Gasteiger partial charge >= 0.3 is 5.97 Å². The van der Waals surface area contributed by atoms with Crippen LogP contribution in [-0.4, -0.2) is 46.7 Å².